The average Bonchev–Trinajstić information content (AvgIpc) is 2.29. The largest absolute Gasteiger partial charge is 0.478 e. The first-order valence-corrected chi connectivity index (χ1v) is 5.48. The van der Waals surface area contributed by atoms with Gasteiger partial charge < -0.3 is 15.3 Å². The van der Waals surface area contributed by atoms with E-state index in [9.17, 15) is 4.79 Å². The summed E-state index contributed by atoms with van der Waals surface area (Å²) in [6, 6.07) is 7.55. The summed E-state index contributed by atoms with van der Waals surface area (Å²) in [7, 11) is 0. The number of benzene rings is 1. The summed E-state index contributed by atoms with van der Waals surface area (Å²) < 4.78 is 0. The fourth-order valence-electron chi connectivity index (χ4n) is 1.98. The molecule has 0 aromatic heterocycles. The van der Waals surface area contributed by atoms with Crippen molar-refractivity contribution in [3.8, 4) is 0 Å². The second-order valence-corrected chi connectivity index (χ2v) is 4.15. The van der Waals surface area contributed by atoms with Crippen molar-refractivity contribution in [1.29, 1.82) is 0 Å². The van der Waals surface area contributed by atoms with Crippen molar-refractivity contribution in [1.82, 2.24) is 5.32 Å². The molecular weight excluding hydrogens is 204 g/mol. The van der Waals surface area contributed by atoms with Gasteiger partial charge >= 0.3 is 5.97 Å². The quantitative estimate of drug-likeness (QED) is 0.786. The lowest BCUT2D eigenvalue weighted by molar-refractivity contribution is 0.0697. The van der Waals surface area contributed by atoms with Crippen LogP contribution in [0.1, 0.15) is 17.3 Å². The van der Waals surface area contributed by atoms with Gasteiger partial charge in [0.1, 0.15) is 0 Å². The lowest BCUT2D eigenvalue weighted by atomic mass is 10.1. The lowest BCUT2D eigenvalue weighted by Gasteiger charge is -2.33. The van der Waals surface area contributed by atoms with E-state index in [4.69, 9.17) is 5.11 Å². The van der Waals surface area contributed by atoms with Crippen molar-refractivity contribution >= 4 is 11.7 Å². The Hall–Kier alpha value is -1.55. The molecule has 4 nitrogen and oxygen atoms in total. The van der Waals surface area contributed by atoms with Crippen LogP contribution in [0.2, 0.25) is 0 Å². The Morgan fingerprint density at radius 2 is 2.12 bits per heavy atom. The molecule has 1 aromatic rings. The summed E-state index contributed by atoms with van der Waals surface area (Å²) in [5.74, 6) is -0.875. The first-order valence-electron chi connectivity index (χ1n) is 5.48. The van der Waals surface area contributed by atoms with Crippen LogP contribution >= 0.6 is 0 Å². The number of rotatable bonds is 2. The topological polar surface area (TPSA) is 52.6 Å². The summed E-state index contributed by atoms with van der Waals surface area (Å²) in [4.78, 5) is 13.0. The maximum Gasteiger partial charge on any atom is 0.335 e. The summed E-state index contributed by atoms with van der Waals surface area (Å²) >= 11 is 0. The van der Waals surface area contributed by atoms with Crippen LogP contribution in [0, 0.1) is 0 Å². The molecule has 0 bridgehead atoms. The summed E-state index contributed by atoms with van der Waals surface area (Å²) in [5.41, 5.74) is 1.44. The Labute approximate surface area is 94.9 Å². The normalized spacial score (nSPS) is 20.8. The van der Waals surface area contributed by atoms with Crippen molar-refractivity contribution in [2.45, 2.75) is 13.0 Å². The molecule has 1 aliphatic rings. The fraction of sp³-hybridized carbons (Fsp3) is 0.417. The number of nitrogens with one attached hydrogen (secondary N) is 1. The Morgan fingerprint density at radius 3 is 2.69 bits per heavy atom. The third kappa shape index (κ3) is 2.33. The van der Waals surface area contributed by atoms with Crippen molar-refractivity contribution in [2.75, 3.05) is 24.5 Å². The monoisotopic (exact) mass is 220 g/mol. The zero-order valence-corrected chi connectivity index (χ0v) is 9.31. The zero-order valence-electron chi connectivity index (χ0n) is 9.31. The number of carboxylic acids is 1. The van der Waals surface area contributed by atoms with E-state index in [2.05, 4.69) is 17.1 Å². The smallest absolute Gasteiger partial charge is 0.335 e. The van der Waals surface area contributed by atoms with Crippen LogP contribution in [0.15, 0.2) is 24.3 Å². The Balaban J connectivity index is 2.11. The lowest BCUT2D eigenvalue weighted by Crippen LogP contribution is -2.49. The summed E-state index contributed by atoms with van der Waals surface area (Å²) in [6.45, 7) is 5.06. The molecule has 1 aliphatic heterocycles. The molecule has 4 heteroatoms. The first-order chi connectivity index (χ1) is 7.66. The molecule has 1 unspecified atom stereocenters. The van der Waals surface area contributed by atoms with Crippen molar-refractivity contribution in [3.05, 3.63) is 29.8 Å². The van der Waals surface area contributed by atoms with E-state index in [1.54, 1.807) is 12.1 Å². The van der Waals surface area contributed by atoms with Crippen LogP contribution in [0.4, 0.5) is 5.69 Å². The van der Waals surface area contributed by atoms with E-state index >= 15 is 0 Å². The van der Waals surface area contributed by atoms with Crippen LogP contribution in [0.3, 0.4) is 0 Å². The Bertz CT molecular complexity index is 375. The molecule has 1 fully saturated rings. The third-order valence-corrected chi connectivity index (χ3v) is 2.85. The van der Waals surface area contributed by atoms with Gasteiger partial charge in [-0.05, 0) is 31.2 Å². The van der Waals surface area contributed by atoms with Crippen LogP contribution in [0.25, 0.3) is 0 Å². The van der Waals surface area contributed by atoms with Gasteiger partial charge in [0, 0.05) is 31.4 Å². The number of hydrogen-bond acceptors (Lipinski definition) is 3. The minimum atomic E-state index is -0.875. The van der Waals surface area contributed by atoms with E-state index in [1.807, 2.05) is 12.1 Å². The zero-order chi connectivity index (χ0) is 11.5. The molecule has 1 aromatic carbocycles. The Kier molecular flexibility index (Phi) is 3.10. The molecule has 1 atom stereocenters. The number of aromatic carboxylic acids is 1. The second kappa shape index (κ2) is 4.53. The van der Waals surface area contributed by atoms with Crippen LogP contribution in [0.5, 0.6) is 0 Å². The number of nitrogens with zero attached hydrogens (tertiary/aromatic N) is 1. The van der Waals surface area contributed by atoms with Gasteiger partial charge in [0.05, 0.1) is 5.56 Å². The molecule has 16 heavy (non-hydrogen) atoms. The van der Waals surface area contributed by atoms with Crippen molar-refractivity contribution < 1.29 is 9.90 Å². The van der Waals surface area contributed by atoms with Crippen LogP contribution in [-0.2, 0) is 0 Å². The molecule has 86 valence electrons. The minimum Gasteiger partial charge on any atom is -0.478 e. The molecule has 0 aliphatic carbocycles. The number of hydrogen-bond donors (Lipinski definition) is 2. The van der Waals surface area contributed by atoms with Gasteiger partial charge in [-0.15, -0.1) is 0 Å². The highest BCUT2D eigenvalue weighted by atomic mass is 16.4. The van der Waals surface area contributed by atoms with Crippen LogP contribution in [-0.4, -0.2) is 36.8 Å². The number of anilines is 1. The van der Waals surface area contributed by atoms with Gasteiger partial charge in [0.25, 0.3) is 0 Å². The predicted molar refractivity (Wildman–Crippen MR) is 63.1 cm³/mol. The predicted octanol–water partition coefficient (Wildman–Crippen LogP) is 1.18. The van der Waals surface area contributed by atoms with Crippen molar-refractivity contribution in [2.24, 2.45) is 0 Å². The molecular formula is C12H16N2O2. The highest BCUT2D eigenvalue weighted by molar-refractivity contribution is 5.88. The summed E-state index contributed by atoms with van der Waals surface area (Å²) in [6.07, 6.45) is 0. The highest BCUT2D eigenvalue weighted by Gasteiger charge is 2.15. The van der Waals surface area contributed by atoms with Gasteiger partial charge in [0.15, 0.2) is 0 Å². The maximum atomic E-state index is 10.7. The van der Waals surface area contributed by atoms with Gasteiger partial charge in [0.2, 0.25) is 0 Å². The number of carboxylic acid groups (broad SMARTS) is 1. The molecule has 0 spiro atoms. The molecule has 2 rings (SSSR count). The Morgan fingerprint density at radius 1 is 1.44 bits per heavy atom. The maximum absolute atomic E-state index is 10.7. The second-order valence-electron chi connectivity index (χ2n) is 4.15. The van der Waals surface area contributed by atoms with E-state index in [-0.39, 0.29) is 0 Å². The molecule has 0 saturated carbocycles. The van der Waals surface area contributed by atoms with E-state index in [1.165, 1.54) is 0 Å². The molecule has 0 radical (unpaired) electrons. The van der Waals surface area contributed by atoms with Crippen molar-refractivity contribution in [3.63, 3.8) is 0 Å². The standard InChI is InChI=1S/C12H16N2O2/c1-9-8-14(7-6-13-9)11-4-2-10(3-5-11)12(15)16/h2-5,9,13H,6-8H2,1H3,(H,15,16). The SMILES string of the molecule is CC1CN(c2ccc(C(=O)O)cc2)CCN1. The van der Waals surface area contributed by atoms with E-state index in [0.29, 0.717) is 11.6 Å². The fourth-order valence-corrected chi connectivity index (χ4v) is 1.98. The van der Waals surface area contributed by atoms with E-state index < -0.39 is 5.97 Å². The van der Waals surface area contributed by atoms with Gasteiger partial charge in [-0.25, -0.2) is 4.79 Å². The number of carbonyl (C=O) groups is 1. The number of piperazine rings is 1. The van der Waals surface area contributed by atoms with Gasteiger partial charge in [-0.2, -0.15) is 0 Å². The third-order valence-electron chi connectivity index (χ3n) is 2.85. The van der Waals surface area contributed by atoms with Gasteiger partial charge in [-0.1, -0.05) is 0 Å². The summed E-state index contributed by atoms with van der Waals surface area (Å²) in [5, 5.41) is 12.2. The molecule has 2 N–H and O–H groups in total. The minimum absolute atomic E-state index is 0.340. The first kappa shape index (κ1) is 11.0. The average molecular weight is 220 g/mol. The molecule has 1 saturated heterocycles. The highest BCUT2D eigenvalue weighted by Crippen LogP contribution is 2.16. The van der Waals surface area contributed by atoms with Crippen LogP contribution < -0.4 is 10.2 Å². The molecule has 1 heterocycles. The molecule has 0 amide bonds. The van der Waals surface area contributed by atoms with Gasteiger partial charge in [-0.3, -0.25) is 0 Å². The van der Waals surface area contributed by atoms with E-state index in [0.717, 1.165) is 25.3 Å².